The zero-order valence-electron chi connectivity index (χ0n) is 34.7. The third kappa shape index (κ3) is 37.0. The van der Waals surface area contributed by atoms with Gasteiger partial charge in [-0.3, -0.25) is 18.9 Å². The lowest BCUT2D eigenvalue weighted by Gasteiger charge is -2.20. The van der Waals surface area contributed by atoms with E-state index in [4.69, 9.17) is 30.3 Å². The summed E-state index contributed by atoms with van der Waals surface area (Å²) >= 11 is 0. The van der Waals surface area contributed by atoms with Crippen molar-refractivity contribution in [1.29, 1.82) is 0 Å². The summed E-state index contributed by atoms with van der Waals surface area (Å²) in [4.78, 5) is 60.6. The summed E-state index contributed by atoms with van der Waals surface area (Å²) in [5, 5.41) is 27.8. The van der Waals surface area contributed by atoms with Crippen LogP contribution >= 0.6 is 15.6 Å². The van der Waals surface area contributed by atoms with Gasteiger partial charge in [0.25, 0.3) is 0 Å². The third-order valence-electron chi connectivity index (χ3n) is 9.42. The number of ether oxygens (including phenoxy) is 1. The molecule has 0 aliphatic carbocycles. The van der Waals surface area contributed by atoms with E-state index in [0.717, 1.165) is 45.4 Å². The Morgan fingerprint density at radius 1 is 0.607 bits per heavy atom. The molecule has 8 N–H and O–H groups in total. The number of unbranched alkanes of at least 4 members (excludes halogenated alkanes) is 24. The number of aliphatic hydroxyl groups is 2. The molecule has 3 unspecified atom stereocenters. The number of carbonyl (C=O) groups excluding carboxylic acids is 2. The highest BCUT2D eigenvalue weighted by Gasteiger charge is 2.36. The number of aliphatic carboxylic acids is 1. The number of carboxylic acid groups (broad SMARTS) is 1. The fourth-order valence-corrected chi connectivity index (χ4v) is 7.81. The van der Waals surface area contributed by atoms with Gasteiger partial charge in [-0.05, 0) is 19.8 Å². The molecular weight excluding hydrogens is 768 g/mol. The third-order valence-corrected chi connectivity index (χ3v) is 11.7. The average Bonchev–Trinajstić information content (AvgIpc) is 3.12. The van der Waals surface area contributed by atoms with E-state index in [-0.39, 0.29) is 18.6 Å². The van der Waals surface area contributed by atoms with E-state index in [9.17, 15) is 33.7 Å². The Balaban J connectivity index is 0. The minimum absolute atomic E-state index is 0.262. The van der Waals surface area contributed by atoms with Crippen LogP contribution in [0.3, 0.4) is 0 Å². The van der Waals surface area contributed by atoms with Crippen molar-refractivity contribution in [2.45, 2.75) is 225 Å². The number of carbonyl (C=O) groups is 3. The average molecular weight is 848 g/mol. The van der Waals surface area contributed by atoms with E-state index in [1.807, 2.05) is 0 Å². The molecule has 0 amide bonds. The standard InChI is InChI=1S/C35H68O5.C4H11NO9P2/c1-3-5-7-9-11-13-15-17-19-21-23-25-27-29-32(37)35(33(38)31-36)40-34(39)30-28-26-24-22-20-18-16-14-12-10-8-6-4-2;1-2(3(5)4(6)7)13-16(11,12)14-15(8,9)10/h33,35-36,38H,3-31H2,1-2H3;2-3H,5H2,1H3,(H,6,7)(H,11,12)(H2,8,9,10)/t;2-,3+/m.1/s1. The smallest absolute Gasteiger partial charge is 0.480 e. The quantitative estimate of drug-likeness (QED) is 0.0174. The van der Waals surface area contributed by atoms with Crippen LogP contribution < -0.4 is 5.73 Å². The van der Waals surface area contributed by atoms with Gasteiger partial charge in [0.2, 0.25) is 0 Å². The first kappa shape index (κ1) is 56.8. The lowest BCUT2D eigenvalue weighted by atomic mass is 10.0. The maximum atomic E-state index is 12.6. The molecule has 0 rings (SSSR count). The fraction of sp³-hybridized carbons (Fsp3) is 0.923. The molecule has 5 atom stereocenters. The van der Waals surface area contributed by atoms with Gasteiger partial charge in [0, 0.05) is 12.8 Å². The van der Waals surface area contributed by atoms with Crippen molar-refractivity contribution >= 4 is 33.4 Å². The van der Waals surface area contributed by atoms with Gasteiger partial charge in [-0.25, -0.2) is 9.13 Å². The Labute approximate surface area is 337 Å². The summed E-state index contributed by atoms with van der Waals surface area (Å²) in [7, 11) is -10.3. The Morgan fingerprint density at radius 3 is 1.27 bits per heavy atom. The summed E-state index contributed by atoms with van der Waals surface area (Å²) in [6.07, 6.45) is 28.6. The molecule has 0 spiro atoms. The number of phosphoric ester groups is 1. The molecule has 0 bridgehead atoms. The lowest BCUT2D eigenvalue weighted by molar-refractivity contribution is -0.163. The van der Waals surface area contributed by atoms with Crippen LogP contribution in [-0.2, 0) is 37.1 Å². The second-order valence-electron chi connectivity index (χ2n) is 14.8. The van der Waals surface area contributed by atoms with E-state index in [2.05, 4.69) is 22.7 Å². The van der Waals surface area contributed by atoms with Crippen molar-refractivity contribution in [2.24, 2.45) is 5.73 Å². The number of hydrogen-bond donors (Lipinski definition) is 7. The SMILES string of the molecule is CCCCCCCCCCCCCCCC(=O)OC(C(=O)CCCCCCCCCCCCCCC)C(O)CO.C[C@@H](OP(=O)(O)OP(=O)(O)O)[C@H](N)C(=O)O. The van der Waals surface area contributed by atoms with Crippen LogP contribution in [0.15, 0.2) is 0 Å². The Morgan fingerprint density at radius 2 is 0.946 bits per heavy atom. The second-order valence-corrected chi connectivity index (χ2v) is 17.6. The number of Topliss-reactive ketones (excluding diaryl/α,β-unsaturated/α-hetero) is 1. The Bertz CT molecular complexity index is 1080. The molecule has 0 aromatic rings. The topological polar surface area (TPSA) is 260 Å². The number of ketones is 1. The predicted octanol–water partition coefficient (Wildman–Crippen LogP) is 8.80. The zero-order valence-corrected chi connectivity index (χ0v) is 36.5. The molecule has 56 heavy (non-hydrogen) atoms. The number of hydrogen-bond acceptors (Lipinski definition) is 11. The molecule has 334 valence electrons. The van der Waals surface area contributed by atoms with Gasteiger partial charge < -0.3 is 40.5 Å². The van der Waals surface area contributed by atoms with E-state index in [1.54, 1.807) is 0 Å². The van der Waals surface area contributed by atoms with Crippen molar-refractivity contribution in [1.82, 2.24) is 0 Å². The number of carboxylic acids is 1. The molecular formula is C39H79NO14P2. The maximum absolute atomic E-state index is 12.6. The summed E-state index contributed by atoms with van der Waals surface area (Å²) in [5.41, 5.74) is 5.02. The van der Waals surface area contributed by atoms with Gasteiger partial charge in [-0.15, -0.1) is 0 Å². The molecule has 17 heteroatoms. The monoisotopic (exact) mass is 847 g/mol. The van der Waals surface area contributed by atoms with Crippen molar-refractivity contribution < 1.29 is 67.1 Å². The van der Waals surface area contributed by atoms with Crippen molar-refractivity contribution in [3.63, 3.8) is 0 Å². The zero-order chi connectivity index (χ0) is 42.7. The molecule has 0 aliphatic heterocycles. The van der Waals surface area contributed by atoms with Crippen LogP contribution in [0, 0.1) is 0 Å². The maximum Gasteiger partial charge on any atom is 0.481 e. The number of esters is 1. The number of aliphatic hydroxyl groups excluding tert-OH is 2. The van der Waals surface area contributed by atoms with E-state index < -0.39 is 58.5 Å². The Hall–Kier alpha value is -1.25. The van der Waals surface area contributed by atoms with Crippen LogP contribution in [0.1, 0.15) is 201 Å². The van der Waals surface area contributed by atoms with Crippen LogP contribution in [0.5, 0.6) is 0 Å². The van der Waals surface area contributed by atoms with Crippen molar-refractivity contribution in [2.75, 3.05) is 6.61 Å². The summed E-state index contributed by atoms with van der Waals surface area (Å²) in [5.74, 6) is -2.23. The molecule has 0 saturated carbocycles. The molecule has 0 aliphatic rings. The van der Waals surface area contributed by atoms with Gasteiger partial charge in [0.15, 0.2) is 11.9 Å². The van der Waals surface area contributed by atoms with Crippen LogP contribution in [-0.4, -0.2) is 78.7 Å². The first-order chi connectivity index (χ1) is 26.5. The molecule has 15 nitrogen and oxygen atoms in total. The second kappa shape index (κ2) is 36.8. The summed E-state index contributed by atoms with van der Waals surface area (Å²) in [6.45, 7) is 4.96. The van der Waals surface area contributed by atoms with Crippen molar-refractivity contribution in [3.8, 4) is 0 Å². The molecule has 0 fully saturated rings. The van der Waals surface area contributed by atoms with Crippen LogP contribution in [0.2, 0.25) is 0 Å². The number of phosphoric acid groups is 2. The molecule has 0 saturated heterocycles. The van der Waals surface area contributed by atoms with Gasteiger partial charge in [0.05, 0.1) is 12.7 Å². The highest BCUT2D eigenvalue weighted by atomic mass is 31.3. The summed E-state index contributed by atoms with van der Waals surface area (Å²) in [6, 6.07) is -1.64. The Kier molecular flexibility index (Phi) is 37.4. The largest absolute Gasteiger partial charge is 0.481 e. The predicted molar refractivity (Wildman–Crippen MR) is 218 cm³/mol. The minimum atomic E-state index is -5.22. The van der Waals surface area contributed by atoms with Gasteiger partial charge in [-0.1, -0.05) is 168 Å². The number of nitrogens with two attached hydrogens (primary N) is 1. The molecule has 0 aromatic carbocycles. The number of rotatable bonds is 38. The summed E-state index contributed by atoms with van der Waals surface area (Å²) < 4.78 is 34.1. The van der Waals surface area contributed by atoms with Crippen LogP contribution in [0.25, 0.3) is 0 Å². The first-order valence-corrected chi connectivity index (χ1v) is 24.3. The van der Waals surface area contributed by atoms with Gasteiger partial charge >= 0.3 is 27.6 Å². The molecule has 0 radical (unpaired) electrons. The highest BCUT2D eigenvalue weighted by molar-refractivity contribution is 7.60. The lowest BCUT2D eigenvalue weighted by Crippen LogP contribution is -2.41. The van der Waals surface area contributed by atoms with Gasteiger partial charge in [-0.2, -0.15) is 4.31 Å². The normalized spacial score (nSPS) is 14.9. The van der Waals surface area contributed by atoms with Gasteiger partial charge in [0.1, 0.15) is 12.1 Å². The fourth-order valence-electron chi connectivity index (χ4n) is 6.03. The first-order valence-electron chi connectivity index (χ1n) is 21.3. The molecule has 0 aromatic heterocycles. The van der Waals surface area contributed by atoms with E-state index in [1.165, 1.54) is 128 Å². The minimum Gasteiger partial charge on any atom is -0.480 e. The van der Waals surface area contributed by atoms with E-state index in [0.29, 0.717) is 0 Å². The highest BCUT2D eigenvalue weighted by Crippen LogP contribution is 2.58. The van der Waals surface area contributed by atoms with Crippen LogP contribution in [0.4, 0.5) is 0 Å². The molecule has 0 heterocycles. The van der Waals surface area contributed by atoms with Crippen molar-refractivity contribution in [3.05, 3.63) is 0 Å². The van der Waals surface area contributed by atoms with E-state index >= 15 is 0 Å².